The predicted molar refractivity (Wildman–Crippen MR) is 119 cm³/mol. The largest absolute Gasteiger partial charge is 0.496 e. The van der Waals surface area contributed by atoms with Crippen LogP contribution in [0, 0.1) is 0 Å². The summed E-state index contributed by atoms with van der Waals surface area (Å²) in [7, 11) is 1.48. The minimum atomic E-state index is -0.509. The first-order valence-electron chi connectivity index (χ1n) is 8.82. The fourth-order valence-corrected chi connectivity index (χ4v) is 3.16. The van der Waals surface area contributed by atoms with Crippen LogP contribution in [0.25, 0.3) is 0 Å². The number of halogens is 2. The number of carbonyl (C=O) groups is 2. The molecule has 0 aromatic heterocycles. The zero-order valence-corrected chi connectivity index (χ0v) is 17.4. The van der Waals surface area contributed by atoms with Gasteiger partial charge in [0.1, 0.15) is 5.75 Å². The summed E-state index contributed by atoms with van der Waals surface area (Å²) in [6, 6.07) is 18.4. The van der Waals surface area contributed by atoms with E-state index in [2.05, 4.69) is 15.8 Å². The Morgan fingerprint density at radius 3 is 2.20 bits per heavy atom. The van der Waals surface area contributed by atoms with Gasteiger partial charge in [0.15, 0.2) is 0 Å². The van der Waals surface area contributed by atoms with E-state index in [4.69, 9.17) is 27.9 Å². The maximum atomic E-state index is 12.7. The lowest BCUT2D eigenvalue weighted by atomic mass is 10.1. The van der Waals surface area contributed by atoms with Gasteiger partial charge in [0.2, 0.25) is 0 Å². The Kier molecular flexibility index (Phi) is 7.06. The molecule has 0 aliphatic carbocycles. The Bertz CT molecular complexity index is 1100. The number of benzene rings is 3. The minimum absolute atomic E-state index is 0.239. The molecule has 0 radical (unpaired) electrons. The van der Waals surface area contributed by atoms with Gasteiger partial charge in [0.05, 0.1) is 40.2 Å². The summed E-state index contributed by atoms with van der Waals surface area (Å²) in [6.45, 7) is 0. The van der Waals surface area contributed by atoms with E-state index in [1.807, 2.05) is 0 Å². The molecule has 0 aliphatic rings. The molecule has 6 nitrogen and oxygen atoms in total. The molecule has 3 rings (SSSR count). The number of hydrogen-bond acceptors (Lipinski definition) is 4. The number of carbonyl (C=O) groups excluding carboxylic acids is 2. The second-order valence-corrected chi connectivity index (χ2v) is 6.85. The Balaban J connectivity index is 1.77. The van der Waals surface area contributed by atoms with Crippen LogP contribution in [0.3, 0.4) is 0 Å². The first-order chi connectivity index (χ1) is 14.5. The number of nitrogens with zero attached hydrogens (tertiary/aromatic N) is 1. The van der Waals surface area contributed by atoms with Gasteiger partial charge in [0, 0.05) is 5.56 Å². The normalized spacial score (nSPS) is 10.6. The number of para-hydroxylation sites is 2. The second kappa shape index (κ2) is 9.91. The van der Waals surface area contributed by atoms with Gasteiger partial charge in [-0.15, -0.1) is 0 Å². The van der Waals surface area contributed by atoms with Gasteiger partial charge in [-0.25, -0.2) is 5.43 Å². The molecule has 0 saturated carbocycles. The van der Waals surface area contributed by atoms with Gasteiger partial charge in [-0.1, -0.05) is 53.5 Å². The molecule has 0 fully saturated rings. The topological polar surface area (TPSA) is 79.8 Å². The van der Waals surface area contributed by atoms with Crippen molar-refractivity contribution in [2.45, 2.75) is 0 Å². The van der Waals surface area contributed by atoms with Crippen LogP contribution in [0.1, 0.15) is 26.3 Å². The van der Waals surface area contributed by atoms with Gasteiger partial charge < -0.3 is 10.1 Å². The molecule has 8 heteroatoms. The summed E-state index contributed by atoms with van der Waals surface area (Å²) in [6.07, 6.45) is 1.36. The molecule has 0 unspecified atom stereocenters. The third-order valence-electron chi connectivity index (χ3n) is 4.13. The minimum Gasteiger partial charge on any atom is -0.496 e. The number of nitrogens with one attached hydrogen (secondary N) is 2. The monoisotopic (exact) mass is 441 g/mol. The van der Waals surface area contributed by atoms with Crippen LogP contribution < -0.4 is 15.5 Å². The average Bonchev–Trinajstić information content (AvgIpc) is 2.76. The maximum absolute atomic E-state index is 12.7. The highest BCUT2D eigenvalue weighted by molar-refractivity contribution is 6.38. The van der Waals surface area contributed by atoms with Crippen molar-refractivity contribution >= 4 is 46.9 Å². The molecular formula is C22H17Cl2N3O3. The molecule has 0 atom stereocenters. The Morgan fingerprint density at radius 1 is 0.867 bits per heavy atom. The Hall–Kier alpha value is -3.35. The average molecular weight is 442 g/mol. The van der Waals surface area contributed by atoms with Crippen LogP contribution in [0.15, 0.2) is 71.8 Å². The zero-order valence-electron chi connectivity index (χ0n) is 15.9. The van der Waals surface area contributed by atoms with Crippen molar-refractivity contribution in [2.24, 2.45) is 5.10 Å². The predicted octanol–water partition coefficient (Wildman–Crippen LogP) is 5.02. The van der Waals surface area contributed by atoms with Gasteiger partial charge >= 0.3 is 0 Å². The molecule has 0 aliphatic heterocycles. The van der Waals surface area contributed by atoms with Crippen molar-refractivity contribution in [1.29, 1.82) is 0 Å². The zero-order chi connectivity index (χ0) is 21.5. The van der Waals surface area contributed by atoms with Crippen LogP contribution in [0.5, 0.6) is 5.75 Å². The van der Waals surface area contributed by atoms with Crippen LogP contribution >= 0.6 is 23.2 Å². The van der Waals surface area contributed by atoms with E-state index in [9.17, 15) is 9.59 Å². The van der Waals surface area contributed by atoms with Gasteiger partial charge in [-0.05, 0) is 36.4 Å². The van der Waals surface area contributed by atoms with E-state index >= 15 is 0 Å². The maximum Gasteiger partial charge on any atom is 0.273 e. The summed E-state index contributed by atoms with van der Waals surface area (Å²) in [4.78, 5) is 25.3. The molecule has 2 amide bonds. The number of methoxy groups -OCH3 is 1. The van der Waals surface area contributed by atoms with Crippen LogP contribution in [-0.2, 0) is 0 Å². The quantitative estimate of drug-likeness (QED) is 0.416. The van der Waals surface area contributed by atoms with E-state index in [0.717, 1.165) is 0 Å². The lowest BCUT2D eigenvalue weighted by Crippen LogP contribution is -2.21. The molecule has 0 spiro atoms. The number of hydrazone groups is 1. The first-order valence-corrected chi connectivity index (χ1v) is 9.57. The molecule has 0 bridgehead atoms. The molecule has 2 N–H and O–H groups in total. The third kappa shape index (κ3) is 4.97. The van der Waals surface area contributed by atoms with Crippen molar-refractivity contribution in [3.8, 4) is 5.75 Å². The summed E-state index contributed by atoms with van der Waals surface area (Å²) < 4.78 is 5.22. The number of anilines is 1. The molecule has 3 aromatic rings. The number of amides is 2. The molecule has 0 heterocycles. The highest BCUT2D eigenvalue weighted by atomic mass is 35.5. The van der Waals surface area contributed by atoms with Crippen LogP contribution in [0.2, 0.25) is 10.0 Å². The van der Waals surface area contributed by atoms with Crippen LogP contribution in [0.4, 0.5) is 5.69 Å². The molecule has 152 valence electrons. The highest BCUT2D eigenvalue weighted by Crippen LogP contribution is 2.23. The molecule has 3 aromatic carbocycles. The summed E-state index contributed by atoms with van der Waals surface area (Å²) >= 11 is 12.2. The van der Waals surface area contributed by atoms with E-state index < -0.39 is 11.8 Å². The SMILES string of the molecule is COc1ccccc1C(=O)Nc1ccccc1C(=O)N/N=C\c1c(Cl)cccc1Cl. The van der Waals surface area contributed by atoms with Gasteiger partial charge in [-0.2, -0.15) is 5.10 Å². The van der Waals surface area contributed by atoms with Crippen molar-refractivity contribution in [1.82, 2.24) is 5.43 Å². The molecule has 0 saturated heterocycles. The van der Waals surface area contributed by atoms with Gasteiger partial charge in [0.25, 0.3) is 11.8 Å². The fraction of sp³-hybridized carbons (Fsp3) is 0.0455. The van der Waals surface area contributed by atoms with Crippen molar-refractivity contribution in [2.75, 3.05) is 12.4 Å². The Labute approximate surface area is 183 Å². The molecule has 30 heavy (non-hydrogen) atoms. The standard InChI is InChI=1S/C22H17Cl2N3O3/c1-30-20-12-5-3-8-15(20)21(28)26-19-11-4-2-7-14(19)22(29)27-25-13-16-17(23)9-6-10-18(16)24/h2-13H,1H3,(H,26,28)(H,27,29)/b25-13-. The Morgan fingerprint density at radius 2 is 1.50 bits per heavy atom. The van der Waals surface area contributed by atoms with Crippen LogP contribution in [-0.4, -0.2) is 25.1 Å². The number of rotatable bonds is 6. The van der Waals surface area contributed by atoms with Crippen molar-refractivity contribution in [3.05, 3.63) is 93.5 Å². The van der Waals surface area contributed by atoms with E-state index in [-0.39, 0.29) is 5.56 Å². The number of hydrogen-bond donors (Lipinski definition) is 2. The van der Waals surface area contributed by atoms with E-state index in [0.29, 0.717) is 32.6 Å². The van der Waals surface area contributed by atoms with Crippen molar-refractivity contribution in [3.63, 3.8) is 0 Å². The third-order valence-corrected chi connectivity index (χ3v) is 4.79. The molecular weight excluding hydrogens is 425 g/mol. The second-order valence-electron chi connectivity index (χ2n) is 6.03. The fourth-order valence-electron chi connectivity index (χ4n) is 2.66. The summed E-state index contributed by atoms with van der Waals surface area (Å²) in [5, 5.41) is 7.47. The number of ether oxygens (including phenoxy) is 1. The first kappa shape index (κ1) is 21.4. The smallest absolute Gasteiger partial charge is 0.273 e. The summed E-state index contributed by atoms with van der Waals surface area (Å²) in [5.41, 5.74) is 3.82. The van der Waals surface area contributed by atoms with E-state index in [1.165, 1.54) is 13.3 Å². The lowest BCUT2D eigenvalue weighted by Gasteiger charge is -2.12. The summed E-state index contributed by atoms with van der Waals surface area (Å²) in [5.74, 6) is -0.484. The van der Waals surface area contributed by atoms with Crippen molar-refractivity contribution < 1.29 is 14.3 Å². The highest BCUT2D eigenvalue weighted by Gasteiger charge is 2.16. The van der Waals surface area contributed by atoms with E-state index in [1.54, 1.807) is 66.7 Å². The van der Waals surface area contributed by atoms with Gasteiger partial charge in [-0.3, -0.25) is 9.59 Å². The lowest BCUT2D eigenvalue weighted by molar-refractivity contribution is 0.0956.